The van der Waals surface area contributed by atoms with Crippen molar-refractivity contribution in [3.05, 3.63) is 72.0 Å². The summed E-state index contributed by atoms with van der Waals surface area (Å²) in [6.07, 6.45) is 4.42. The minimum Gasteiger partial charge on any atom is -0.493 e. The van der Waals surface area contributed by atoms with E-state index in [1.54, 1.807) is 42.5 Å². The molecule has 0 atom stereocenters. The summed E-state index contributed by atoms with van der Waals surface area (Å²) < 4.78 is 46.4. The summed E-state index contributed by atoms with van der Waals surface area (Å²) >= 11 is 6.37. The molecule has 0 radical (unpaired) electrons. The van der Waals surface area contributed by atoms with Crippen molar-refractivity contribution >= 4 is 27.6 Å². The number of hydrogen-bond acceptors (Lipinski definition) is 9. The Morgan fingerprint density at radius 1 is 1.00 bits per heavy atom. The van der Waals surface area contributed by atoms with Crippen LogP contribution in [-0.4, -0.2) is 35.5 Å². The summed E-state index contributed by atoms with van der Waals surface area (Å²) in [4.78, 5) is 16.6. The fraction of sp³-hybridized carbons (Fsp3) is 0.100. The Labute approximate surface area is 194 Å². The molecule has 0 saturated carbocycles. The minimum absolute atomic E-state index is 0.00305. The number of furan rings is 1. The minimum atomic E-state index is -4.12. The molecule has 0 aliphatic carbocycles. The summed E-state index contributed by atoms with van der Waals surface area (Å²) in [6, 6.07) is 11.7. The van der Waals surface area contributed by atoms with E-state index in [1.807, 2.05) is 0 Å². The number of para-hydroxylation sites is 2. The first-order valence-electron chi connectivity index (χ1n) is 9.41. The Morgan fingerprint density at radius 3 is 2.45 bits per heavy atom. The third-order valence-electron chi connectivity index (χ3n) is 4.12. The smallest absolute Gasteiger partial charge is 0.300 e. The predicted octanol–water partition coefficient (Wildman–Crippen LogP) is 3.43. The van der Waals surface area contributed by atoms with Crippen LogP contribution in [0.5, 0.6) is 17.2 Å². The average Bonchev–Trinajstić information content (AvgIpc) is 3.34. The molecule has 0 spiro atoms. The molecule has 0 unspecified atom stereocenters. The lowest BCUT2D eigenvalue weighted by Gasteiger charge is -2.16. The Morgan fingerprint density at radius 2 is 1.76 bits per heavy atom. The van der Waals surface area contributed by atoms with Crippen LogP contribution in [-0.2, 0) is 16.8 Å². The number of nitrogens with zero attached hydrogens (tertiary/aromatic N) is 4. The summed E-state index contributed by atoms with van der Waals surface area (Å²) in [5, 5.41) is -0.165. The summed E-state index contributed by atoms with van der Waals surface area (Å²) in [5.74, 6) is 0.875. The number of hydrogen-bond donors (Lipinski definition) is 2. The molecule has 3 heterocycles. The van der Waals surface area contributed by atoms with Crippen molar-refractivity contribution in [3.8, 4) is 28.9 Å². The van der Waals surface area contributed by atoms with Crippen LogP contribution in [0.2, 0.25) is 5.15 Å². The maximum atomic E-state index is 12.7. The van der Waals surface area contributed by atoms with Gasteiger partial charge >= 0.3 is 10.2 Å². The summed E-state index contributed by atoms with van der Waals surface area (Å²) in [7, 11) is -2.65. The Bertz CT molecular complexity index is 1340. The lowest BCUT2D eigenvalue weighted by molar-refractivity contribution is 0.378. The number of benzene rings is 1. The van der Waals surface area contributed by atoms with E-state index in [-0.39, 0.29) is 40.7 Å². The van der Waals surface area contributed by atoms with Gasteiger partial charge in [0.15, 0.2) is 28.3 Å². The zero-order valence-electron chi connectivity index (χ0n) is 17.1. The van der Waals surface area contributed by atoms with Gasteiger partial charge < -0.3 is 13.9 Å². The lowest BCUT2D eigenvalue weighted by Crippen LogP contribution is -2.30. The molecule has 2 N–H and O–H groups in total. The average molecular weight is 489 g/mol. The van der Waals surface area contributed by atoms with Crippen LogP contribution in [0.1, 0.15) is 5.76 Å². The first-order valence-corrected chi connectivity index (χ1v) is 11.3. The molecular formula is C20H17ClN6O5S. The highest BCUT2D eigenvalue weighted by Crippen LogP contribution is 2.39. The molecule has 13 heteroatoms. The molecule has 0 aliphatic heterocycles. The van der Waals surface area contributed by atoms with Crippen molar-refractivity contribution in [1.82, 2.24) is 24.7 Å². The molecule has 0 aliphatic rings. The SMILES string of the molecule is COc1ccccc1Oc1c(Cl)nc(-c2ncccn2)nc1NS(=O)(=O)NCc1ccco1. The van der Waals surface area contributed by atoms with Crippen LogP contribution in [0.15, 0.2) is 65.5 Å². The van der Waals surface area contributed by atoms with Crippen molar-refractivity contribution in [2.75, 3.05) is 11.8 Å². The van der Waals surface area contributed by atoms with Gasteiger partial charge in [-0.1, -0.05) is 23.7 Å². The van der Waals surface area contributed by atoms with E-state index < -0.39 is 10.2 Å². The largest absolute Gasteiger partial charge is 0.493 e. The van der Waals surface area contributed by atoms with Gasteiger partial charge in [0.2, 0.25) is 11.6 Å². The number of rotatable bonds is 9. The Hall–Kier alpha value is -3.74. The van der Waals surface area contributed by atoms with E-state index in [0.29, 0.717) is 11.5 Å². The fourth-order valence-electron chi connectivity index (χ4n) is 2.65. The van der Waals surface area contributed by atoms with E-state index in [0.717, 1.165) is 0 Å². The lowest BCUT2D eigenvalue weighted by atomic mass is 10.3. The van der Waals surface area contributed by atoms with E-state index in [2.05, 4.69) is 29.4 Å². The summed E-state index contributed by atoms with van der Waals surface area (Å²) in [6.45, 7) is -0.0848. The molecule has 0 fully saturated rings. The standard InChI is InChI=1S/C20H17ClN6O5S/c1-30-14-7-2-3-8-15(14)32-16-17(21)25-20(19-22-9-5-10-23-19)26-18(16)27-33(28,29)24-12-13-6-4-11-31-13/h2-11,24H,12H2,1H3,(H,25,26,27). The molecule has 11 nitrogen and oxygen atoms in total. The number of nitrogens with one attached hydrogen (secondary N) is 2. The van der Waals surface area contributed by atoms with Crippen molar-refractivity contribution < 1.29 is 22.3 Å². The monoisotopic (exact) mass is 488 g/mol. The van der Waals surface area contributed by atoms with Gasteiger partial charge in [0.1, 0.15) is 5.76 Å². The van der Waals surface area contributed by atoms with E-state index in [1.165, 1.54) is 25.8 Å². The third-order valence-corrected chi connectivity index (χ3v) is 5.36. The van der Waals surface area contributed by atoms with Gasteiger partial charge in [0, 0.05) is 12.4 Å². The van der Waals surface area contributed by atoms with Crippen LogP contribution < -0.4 is 18.9 Å². The maximum Gasteiger partial charge on any atom is 0.300 e. The molecule has 0 bridgehead atoms. The van der Waals surface area contributed by atoms with E-state index >= 15 is 0 Å². The molecular weight excluding hydrogens is 472 g/mol. The zero-order chi connectivity index (χ0) is 23.3. The molecule has 4 rings (SSSR count). The molecule has 33 heavy (non-hydrogen) atoms. The van der Waals surface area contributed by atoms with Gasteiger partial charge in [-0.15, -0.1) is 0 Å². The first kappa shape index (κ1) is 22.5. The van der Waals surface area contributed by atoms with Gasteiger partial charge in [-0.2, -0.15) is 13.1 Å². The number of ether oxygens (including phenoxy) is 2. The van der Waals surface area contributed by atoms with Crippen LogP contribution in [0, 0.1) is 0 Å². The molecule has 4 aromatic rings. The molecule has 0 amide bonds. The van der Waals surface area contributed by atoms with E-state index in [4.69, 9.17) is 25.5 Å². The quantitative estimate of drug-likeness (QED) is 0.339. The van der Waals surface area contributed by atoms with Crippen LogP contribution in [0.3, 0.4) is 0 Å². The number of anilines is 1. The van der Waals surface area contributed by atoms with E-state index in [9.17, 15) is 8.42 Å². The number of aromatic nitrogens is 4. The molecule has 1 aromatic carbocycles. The van der Waals surface area contributed by atoms with Crippen LogP contribution in [0.4, 0.5) is 5.82 Å². The van der Waals surface area contributed by atoms with Gasteiger partial charge in [-0.25, -0.2) is 19.9 Å². The highest BCUT2D eigenvalue weighted by Gasteiger charge is 2.23. The highest BCUT2D eigenvalue weighted by atomic mass is 35.5. The van der Waals surface area contributed by atoms with Gasteiger partial charge in [-0.3, -0.25) is 4.72 Å². The third kappa shape index (κ3) is 5.55. The van der Waals surface area contributed by atoms with Crippen LogP contribution in [0.25, 0.3) is 11.6 Å². The Kier molecular flexibility index (Phi) is 6.68. The maximum absolute atomic E-state index is 12.7. The zero-order valence-corrected chi connectivity index (χ0v) is 18.7. The van der Waals surface area contributed by atoms with Crippen LogP contribution >= 0.6 is 11.6 Å². The first-order chi connectivity index (χ1) is 15.9. The highest BCUT2D eigenvalue weighted by molar-refractivity contribution is 7.90. The van der Waals surface area contributed by atoms with Crippen molar-refractivity contribution in [1.29, 1.82) is 0 Å². The van der Waals surface area contributed by atoms with Gasteiger partial charge in [0.25, 0.3) is 0 Å². The predicted molar refractivity (Wildman–Crippen MR) is 119 cm³/mol. The second-order valence-electron chi connectivity index (χ2n) is 6.35. The number of halogens is 1. The molecule has 0 saturated heterocycles. The van der Waals surface area contributed by atoms with Gasteiger partial charge in [0.05, 0.1) is 19.9 Å². The molecule has 3 aromatic heterocycles. The van der Waals surface area contributed by atoms with Gasteiger partial charge in [-0.05, 0) is 30.3 Å². The number of methoxy groups -OCH3 is 1. The summed E-state index contributed by atoms with van der Waals surface area (Å²) in [5.41, 5.74) is 0. The Balaban J connectivity index is 1.72. The second kappa shape index (κ2) is 9.81. The molecule has 170 valence electrons. The van der Waals surface area contributed by atoms with Crippen molar-refractivity contribution in [2.45, 2.75) is 6.54 Å². The second-order valence-corrected chi connectivity index (χ2v) is 8.20. The normalized spacial score (nSPS) is 11.2. The fourth-order valence-corrected chi connectivity index (χ4v) is 3.66. The topological polar surface area (TPSA) is 141 Å². The van der Waals surface area contributed by atoms with Crippen molar-refractivity contribution in [3.63, 3.8) is 0 Å². The van der Waals surface area contributed by atoms with Crippen molar-refractivity contribution in [2.24, 2.45) is 0 Å².